The Hall–Kier alpha value is -1.48. The number of fused-ring (bicyclic) bond motifs is 2. The van der Waals surface area contributed by atoms with Crippen molar-refractivity contribution in [2.75, 3.05) is 19.8 Å². The first-order chi connectivity index (χ1) is 7.75. The molecule has 3 nitrogen and oxygen atoms in total. The standard InChI is InChI=1S/C13H15NO2/c1-9-3-4-11-10(2)14-5-6-15-8-13(14)16-12(11)7-9/h3-4,7,13H,2,5-6,8H2,1H3. The van der Waals surface area contributed by atoms with Gasteiger partial charge in [0, 0.05) is 17.8 Å². The average molecular weight is 217 g/mol. The van der Waals surface area contributed by atoms with Crippen molar-refractivity contribution in [2.45, 2.75) is 13.2 Å². The first kappa shape index (κ1) is 9.73. The zero-order valence-electron chi connectivity index (χ0n) is 9.40. The molecule has 0 bridgehead atoms. The van der Waals surface area contributed by atoms with Crippen LogP contribution in [0.2, 0.25) is 0 Å². The molecule has 0 radical (unpaired) electrons. The zero-order chi connectivity index (χ0) is 11.1. The second-order valence-corrected chi connectivity index (χ2v) is 4.29. The van der Waals surface area contributed by atoms with Gasteiger partial charge in [0.15, 0.2) is 6.23 Å². The normalized spacial score (nSPS) is 23.4. The van der Waals surface area contributed by atoms with Crippen molar-refractivity contribution >= 4 is 5.70 Å². The third kappa shape index (κ3) is 1.39. The van der Waals surface area contributed by atoms with Crippen molar-refractivity contribution in [3.05, 3.63) is 35.9 Å². The first-order valence-electron chi connectivity index (χ1n) is 5.57. The number of morpholine rings is 1. The Balaban J connectivity index is 2.03. The predicted molar refractivity (Wildman–Crippen MR) is 62.2 cm³/mol. The van der Waals surface area contributed by atoms with Gasteiger partial charge in [0.1, 0.15) is 12.4 Å². The van der Waals surface area contributed by atoms with E-state index in [2.05, 4.69) is 36.6 Å². The molecule has 0 amide bonds. The van der Waals surface area contributed by atoms with E-state index >= 15 is 0 Å². The molecule has 1 saturated heterocycles. The molecule has 84 valence electrons. The van der Waals surface area contributed by atoms with Gasteiger partial charge in [0.05, 0.1) is 6.61 Å². The van der Waals surface area contributed by atoms with Gasteiger partial charge in [-0.1, -0.05) is 12.6 Å². The van der Waals surface area contributed by atoms with Gasteiger partial charge in [-0.25, -0.2) is 0 Å². The highest BCUT2D eigenvalue weighted by Crippen LogP contribution is 2.36. The molecular weight excluding hydrogens is 202 g/mol. The smallest absolute Gasteiger partial charge is 0.196 e. The molecule has 0 aliphatic carbocycles. The summed E-state index contributed by atoms with van der Waals surface area (Å²) in [5.41, 5.74) is 3.36. The van der Waals surface area contributed by atoms with Gasteiger partial charge in [-0.2, -0.15) is 0 Å². The predicted octanol–water partition coefficient (Wildman–Crippen LogP) is 2.02. The van der Waals surface area contributed by atoms with Crippen molar-refractivity contribution in [2.24, 2.45) is 0 Å². The molecular formula is C13H15NO2. The number of hydrogen-bond acceptors (Lipinski definition) is 3. The molecule has 1 atom stereocenters. The van der Waals surface area contributed by atoms with E-state index in [-0.39, 0.29) is 6.23 Å². The lowest BCUT2D eigenvalue weighted by Gasteiger charge is -2.42. The van der Waals surface area contributed by atoms with Gasteiger partial charge in [-0.05, 0) is 24.6 Å². The molecule has 1 unspecified atom stereocenters. The van der Waals surface area contributed by atoms with Crippen LogP contribution in [-0.2, 0) is 4.74 Å². The minimum Gasteiger partial charge on any atom is -0.467 e. The fourth-order valence-corrected chi connectivity index (χ4v) is 2.25. The quantitative estimate of drug-likeness (QED) is 0.663. The third-order valence-electron chi connectivity index (χ3n) is 3.14. The number of ether oxygens (including phenoxy) is 2. The Kier molecular flexibility index (Phi) is 2.14. The molecule has 16 heavy (non-hydrogen) atoms. The second-order valence-electron chi connectivity index (χ2n) is 4.29. The highest BCUT2D eigenvalue weighted by molar-refractivity contribution is 5.69. The van der Waals surface area contributed by atoms with Crippen molar-refractivity contribution in [1.82, 2.24) is 4.90 Å². The molecule has 0 saturated carbocycles. The van der Waals surface area contributed by atoms with Crippen LogP contribution in [0, 0.1) is 6.92 Å². The summed E-state index contributed by atoms with van der Waals surface area (Å²) in [6, 6.07) is 6.24. The van der Waals surface area contributed by atoms with Gasteiger partial charge in [0.2, 0.25) is 0 Å². The monoisotopic (exact) mass is 217 g/mol. The SMILES string of the molecule is C=C1c2ccc(C)cc2OC2COCCN12. The summed E-state index contributed by atoms with van der Waals surface area (Å²) in [6.07, 6.45) is -0.00412. The fraction of sp³-hybridized carbons (Fsp3) is 0.385. The van der Waals surface area contributed by atoms with E-state index in [0.29, 0.717) is 6.61 Å². The van der Waals surface area contributed by atoms with Crippen molar-refractivity contribution < 1.29 is 9.47 Å². The Bertz CT molecular complexity index is 442. The van der Waals surface area contributed by atoms with E-state index in [1.54, 1.807) is 0 Å². The van der Waals surface area contributed by atoms with Crippen LogP contribution >= 0.6 is 0 Å². The molecule has 2 heterocycles. The Labute approximate surface area is 95.3 Å². The maximum atomic E-state index is 5.93. The largest absolute Gasteiger partial charge is 0.467 e. The van der Waals surface area contributed by atoms with Gasteiger partial charge >= 0.3 is 0 Å². The summed E-state index contributed by atoms with van der Waals surface area (Å²) in [5.74, 6) is 0.928. The van der Waals surface area contributed by atoms with Crippen LogP contribution in [0.1, 0.15) is 11.1 Å². The number of rotatable bonds is 0. The summed E-state index contributed by atoms with van der Waals surface area (Å²) < 4.78 is 11.4. The molecule has 0 N–H and O–H groups in total. The maximum absolute atomic E-state index is 5.93. The average Bonchev–Trinajstić information content (AvgIpc) is 2.29. The lowest BCUT2D eigenvalue weighted by Crippen LogP contribution is -2.49. The number of hydrogen-bond donors (Lipinski definition) is 0. The summed E-state index contributed by atoms with van der Waals surface area (Å²) in [6.45, 7) is 8.45. The van der Waals surface area contributed by atoms with E-state index in [9.17, 15) is 0 Å². The Morgan fingerprint density at radius 3 is 3.19 bits per heavy atom. The fourth-order valence-electron chi connectivity index (χ4n) is 2.25. The van der Waals surface area contributed by atoms with E-state index in [1.807, 2.05) is 0 Å². The van der Waals surface area contributed by atoms with Crippen molar-refractivity contribution in [1.29, 1.82) is 0 Å². The van der Waals surface area contributed by atoms with E-state index < -0.39 is 0 Å². The molecule has 0 spiro atoms. The van der Waals surface area contributed by atoms with E-state index in [1.165, 1.54) is 5.56 Å². The van der Waals surface area contributed by atoms with Crippen LogP contribution in [0.15, 0.2) is 24.8 Å². The Morgan fingerprint density at radius 2 is 2.31 bits per heavy atom. The van der Waals surface area contributed by atoms with Crippen LogP contribution in [0.4, 0.5) is 0 Å². The van der Waals surface area contributed by atoms with E-state index in [0.717, 1.165) is 30.2 Å². The summed E-state index contributed by atoms with van der Waals surface area (Å²) in [4.78, 5) is 2.18. The first-order valence-corrected chi connectivity index (χ1v) is 5.57. The minimum atomic E-state index is -0.00412. The van der Waals surface area contributed by atoms with Crippen LogP contribution in [0.3, 0.4) is 0 Å². The number of benzene rings is 1. The van der Waals surface area contributed by atoms with Crippen LogP contribution < -0.4 is 4.74 Å². The highest BCUT2D eigenvalue weighted by atomic mass is 16.6. The van der Waals surface area contributed by atoms with Gasteiger partial charge in [0.25, 0.3) is 0 Å². The van der Waals surface area contributed by atoms with Crippen molar-refractivity contribution in [3.63, 3.8) is 0 Å². The summed E-state index contributed by atoms with van der Waals surface area (Å²) >= 11 is 0. The number of aryl methyl sites for hydroxylation is 1. The Morgan fingerprint density at radius 1 is 1.44 bits per heavy atom. The van der Waals surface area contributed by atoms with Gasteiger partial charge in [-0.15, -0.1) is 0 Å². The number of nitrogens with zero attached hydrogens (tertiary/aromatic N) is 1. The highest BCUT2D eigenvalue weighted by Gasteiger charge is 2.32. The summed E-state index contributed by atoms with van der Waals surface area (Å²) in [7, 11) is 0. The molecule has 3 heteroatoms. The van der Waals surface area contributed by atoms with Crippen LogP contribution in [0.25, 0.3) is 5.70 Å². The van der Waals surface area contributed by atoms with E-state index in [4.69, 9.17) is 9.47 Å². The van der Waals surface area contributed by atoms with Gasteiger partial charge < -0.3 is 14.4 Å². The topological polar surface area (TPSA) is 21.7 Å². The van der Waals surface area contributed by atoms with Crippen molar-refractivity contribution in [3.8, 4) is 5.75 Å². The lowest BCUT2D eigenvalue weighted by atomic mass is 10.1. The maximum Gasteiger partial charge on any atom is 0.196 e. The molecule has 2 aliphatic rings. The molecule has 2 aliphatic heterocycles. The summed E-state index contributed by atoms with van der Waals surface area (Å²) in [5, 5.41) is 0. The molecule has 3 rings (SSSR count). The third-order valence-corrected chi connectivity index (χ3v) is 3.14. The van der Waals surface area contributed by atoms with Crippen LogP contribution in [-0.4, -0.2) is 30.9 Å². The van der Waals surface area contributed by atoms with Crippen LogP contribution in [0.5, 0.6) is 5.75 Å². The second kappa shape index (κ2) is 3.52. The molecule has 1 aromatic rings. The molecule has 1 fully saturated rings. The van der Waals surface area contributed by atoms with Gasteiger partial charge in [-0.3, -0.25) is 0 Å². The minimum absolute atomic E-state index is 0.00412. The zero-order valence-corrected chi connectivity index (χ0v) is 9.40. The lowest BCUT2D eigenvalue weighted by molar-refractivity contribution is -0.0696. The molecule has 1 aromatic carbocycles. The molecule has 0 aromatic heterocycles.